The molecule has 2 atom stereocenters. The Kier molecular flexibility index (Phi) is 2.32. The van der Waals surface area contributed by atoms with E-state index in [1.165, 1.54) is 22.8 Å². The molecule has 0 nitrogen and oxygen atoms in total. The van der Waals surface area contributed by atoms with Gasteiger partial charge in [-0.3, -0.25) is 0 Å². The molecule has 0 saturated heterocycles. The highest BCUT2D eigenvalue weighted by atomic mass is 14.5. The third-order valence-corrected chi connectivity index (χ3v) is 4.27. The Morgan fingerprint density at radius 1 is 1.24 bits per heavy atom. The second kappa shape index (κ2) is 3.73. The fraction of sp³-hybridized carbons (Fsp3) is 0.294. The summed E-state index contributed by atoms with van der Waals surface area (Å²) in [5.41, 5.74) is 1.88. The number of rotatable bonds is 3. The molecule has 86 valence electrons. The number of fused-ring (bicyclic) bond motifs is 1. The van der Waals surface area contributed by atoms with Crippen molar-refractivity contribution < 1.29 is 0 Å². The average molecular weight is 222 g/mol. The molecule has 1 aliphatic carbocycles. The highest BCUT2D eigenvalue weighted by molar-refractivity contribution is 5.83. The first-order valence-electron chi connectivity index (χ1n) is 6.34. The van der Waals surface area contributed by atoms with Gasteiger partial charge in [-0.05, 0) is 40.5 Å². The van der Waals surface area contributed by atoms with Crippen LogP contribution in [0.4, 0.5) is 0 Å². The van der Waals surface area contributed by atoms with Gasteiger partial charge in [0.05, 0.1) is 0 Å². The van der Waals surface area contributed by atoms with Gasteiger partial charge in [-0.25, -0.2) is 0 Å². The van der Waals surface area contributed by atoms with Crippen LogP contribution in [0, 0.1) is 5.92 Å². The molecule has 0 bridgehead atoms. The summed E-state index contributed by atoms with van der Waals surface area (Å²) in [6, 6.07) is 15.5. The normalized spacial score (nSPS) is 27.0. The van der Waals surface area contributed by atoms with Crippen molar-refractivity contribution in [1.29, 1.82) is 0 Å². The van der Waals surface area contributed by atoms with Crippen LogP contribution >= 0.6 is 0 Å². The summed E-state index contributed by atoms with van der Waals surface area (Å²) >= 11 is 0. The highest BCUT2D eigenvalue weighted by Gasteiger charge is 2.49. The number of hydrogen-bond donors (Lipinski definition) is 0. The summed E-state index contributed by atoms with van der Waals surface area (Å²) in [6.07, 6.45) is 4.50. The van der Waals surface area contributed by atoms with Gasteiger partial charge in [-0.2, -0.15) is 0 Å². The van der Waals surface area contributed by atoms with Gasteiger partial charge in [0.2, 0.25) is 0 Å². The highest BCUT2D eigenvalue weighted by Crippen LogP contribution is 2.56. The molecular formula is C17H18. The minimum Gasteiger partial charge on any atom is -0.103 e. The molecule has 0 aliphatic heterocycles. The van der Waals surface area contributed by atoms with Gasteiger partial charge in [0.1, 0.15) is 0 Å². The van der Waals surface area contributed by atoms with E-state index in [0.29, 0.717) is 5.41 Å². The van der Waals surface area contributed by atoms with Crippen LogP contribution in [0.25, 0.3) is 10.8 Å². The first-order chi connectivity index (χ1) is 8.24. The van der Waals surface area contributed by atoms with E-state index in [1.54, 1.807) is 0 Å². The molecule has 0 aromatic heterocycles. The minimum absolute atomic E-state index is 0.387. The molecule has 0 radical (unpaired) electrons. The summed E-state index contributed by atoms with van der Waals surface area (Å²) < 4.78 is 0. The number of benzene rings is 2. The Morgan fingerprint density at radius 3 is 2.76 bits per heavy atom. The van der Waals surface area contributed by atoms with Crippen LogP contribution in [0.2, 0.25) is 0 Å². The Labute approximate surface area is 103 Å². The van der Waals surface area contributed by atoms with Crippen molar-refractivity contribution in [2.24, 2.45) is 5.92 Å². The van der Waals surface area contributed by atoms with Crippen molar-refractivity contribution >= 4 is 10.8 Å². The molecule has 0 heteroatoms. The van der Waals surface area contributed by atoms with Crippen LogP contribution < -0.4 is 0 Å². The topological polar surface area (TPSA) is 0 Å². The van der Waals surface area contributed by atoms with E-state index in [2.05, 4.69) is 62.0 Å². The van der Waals surface area contributed by atoms with Crippen LogP contribution in [0.5, 0.6) is 0 Å². The van der Waals surface area contributed by atoms with Crippen molar-refractivity contribution in [3.63, 3.8) is 0 Å². The van der Waals surface area contributed by atoms with E-state index in [1.807, 2.05) is 0 Å². The van der Waals surface area contributed by atoms with Crippen LogP contribution in [0.15, 0.2) is 55.1 Å². The quantitative estimate of drug-likeness (QED) is 0.661. The van der Waals surface area contributed by atoms with Crippen molar-refractivity contribution in [2.75, 3.05) is 0 Å². The molecule has 0 heterocycles. The summed E-state index contributed by atoms with van der Waals surface area (Å²) in [4.78, 5) is 0. The van der Waals surface area contributed by atoms with Crippen LogP contribution in [-0.4, -0.2) is 0 Å². The molecule has 0 unspecified atom stereocenters. The van der Waals surface area contributed by atoms with Crippen LogP contribution in [0.1, 0.15) is 25.3 Å². The lowest BCUT2D eigenvalue weighted by Crippen LogP contribution is -2.03. The van der Waals surface area contributed by atoms with E-state index in [0.717, 1.165) is 12.3 Å². The van der Waals surface area contributed by atoms with Gasteiger partial charge in [0.15, 0.2) is 0 Å². The van der Waals surface area contributed by atoms with Gasteiger partial charge in [-0.1, -0.05) is 55.5 Å². The molecule has 1 saturated carbocycles. The molecule has 17 heavy (non-hydrogen) atoms. The SMILES string of the molecule is C=CC[C@@H]1C[C@@]1(C)c1ccc2ccccc2c1. The summed E-state index contributed by atoms with van der Waals surface area (Å²) in [5, 5.41) is 2.69. The average Bonchev–Trinajstić information content (AvgIpc) is 3.01. The Hall–Kier alpha value is -1.56. The van der Waals surface area contributed by atoms with Gasteiger partial charge < -0.3 is 0 Å². The predicted molar refractivity (Wildman–Crippen MR) is 74.2 cm³/mol. The zero-order valence-electron chi connectivity index (χ0n) is 10.3. The van der Waals surface area contributed by atoms with Crippen LogP contribution in [-0.2, 0) is 5.41 Å². The van der Waals surface area contributed by atoms with E-state index < -0.39 is 0 Å². The maximum absolute atomic E-state index is 3.85. The standard InChI is InChI=1S/C17H18/c1-3-6-16-12-17(16,2)15-10-9-13-7-4-5-8-14(13)11-15/h3-5,7-11,16H,1,6,12H2,2H3/t16-,17+/m1/s1. The molecule has 0 amide bonds. The molecular weight excluding hydrogens is 204 g/mol. The lowest BCUT2D eigenvalue weighted by molar-refractivity contribution is 0.667. The molecule has 0 N–H and O–H groups in total. The van der Waals surface area contributed by atoms with Gasteiger partial charge >= 0.3 is 0 Å². The molecule has 2 aromatic carbocycles. The molecule has 1 aliphatic rings. The zero-order chi connectivity index (χ0) is 11.9. The molecule has 1 fully saturated rings. The second-order valence-electron chi connectivity index (χ2n) is 5.40. The largest absolute Gasteiger partial charge is 0.103 e. The fourth-order valence-corrected chi connectivity index (χ4v) is 2.90. The maximum Gasteiger partial charge on any atom is -0.00405 e. The van der Waals surface area contributed by atoms with Crippen molar-refractivity contribution in [1.82, 2.24) is 0 Å². The van der Waals surface area contributed by atoms with Crippen molar-refractivity contribution in [2.45, 2.75) is 25.2 Å². The third-order valence-electron chi connectivity index (χ3n) is 4.27. The van der Waals surface area contributed by atoms with E-state index in [9.17, 15) is 0 Å². The smallest absolute Gasteiger partial charge is 0.00405 e. The van der Waals surface area contributed by atoms with Gasteiger partial charge in [0, 0.05) is 0 Å². The lowest BCUT2D eigenvalue weighted by atomic mass is 9.92. The Morgan fingerprint density at radius 2 is 2.00 bits per heavy atom. The van der Waals surface area contributed by atoms with Crippen molar-refractivity contribution in [3.8, 4) is 0 Å². The second-order valence-corrected chi connectivity index (χ2v) is 5.40. The van der Waals surface area contributed by atoms with E-state index in [-0.39, 0.29) is 0 Å². The zero-order valence-corrected chi connectivity index (χ0v) is 10.3. The van der Waals surface area contributed by atoms with Crippen molar-refractivity contribution in [3.05, 3.63) is 60.7 Å². The minimum atomic E-state index is 0.387. The number of allylic oxidation sites excluding steroid dienone is 1. The maximum atomic E-state index is 3.85. The Bertz CT molecular complexity index is 567. The van der Waals surface area contributed by atoms with E-state index in [4.69, 9.17) is 0 Å². The third kappa shape index (κ3) is 1.68. The predicted octanol–water partition coefficient (Wildman–Crippen LogP) is 4.69. The van der Waals surface area contributed by atoms with Gasteiger partial charge in [0.25, 0.3) is 0 Å². The van der Waals surface area contributed by atoms with E-state index >= 15 is 0 Å². The lowest BCUT2D eigenvalue weighted by Gasteiger charge is -2.12. The van der Waals surface area contributed by atoms with Crippen LogP contribution in [0.3, 0.4) is 0 Å². The fourth-order valence-electron chi connectivity index (χ4n) is 2.90. The Balaban J connectivity index is 1.99. The summed E-state index contributed by atoms with van der Waals surface area (Å²) in [5.74, 6) is 0.793. The molecule has 0 spiro atoms. The van der Waals surface area contributed by atoms with Gasteiger partial charge in [-0.15, -0.1) is 6.58 Å². The first kappa shape index (κ1) is 10.6. The first-order valence-corrected chi connectivity index (χ1v) is 6.34. The molecule has 3 rings (SSSR count). The number of hydrogen-bond acceptors (Lipinski definition) is 0. The monoisotopic (exact) mass is 222 g/mol. The summed E-state index contributed by atoms with van der Waals surface area (Å²) in [6.45, 7) is 6.23. The summed E-state index contributed by atoms with van der Waals surface area (Å²) in [7, 11) is 0. The molecule has 2 aromatic rings.